The van der Waals surface area contributed by atoms with Gasteiger partial charge in [0.05, 0.1) is 6.04 Å². The van der Waals surface area contributed by atoms with Crippen molar-refractivity contribution < 1.29 is 19.1 Å². The summed E-state index contributed by atoms with van der Waals surface area (Å²) < 4.78 is 5.56. The average Bonchev–Trinajstić information content (AvgIpc) is 2.88. The highest BCUT2D eigenvalue weighted by molar-refractivity contribution is 6.30. The molecule has 0 aromatic heterocycles. The van der Waals surface area contributed by atoms with Crippen LogP contribution in [0.4, 0.5) is 11.4 Å². The lowest BCUT2D eigenvalue weighted by Crippen LogP contribution is -2.47. The van der Waals surface area contributed by atoms with Crippen molar-refractivity contribution >= 4 is 40.7 Å². The van der Waals surface area contributed by atoms with Crippen LogP contribution >= 0.6 is 11.6 Å². The number of carbonyl (C=O) groups excluding carboxylic acids is 3. The number of hydrogen-bond acceptors (Lipinski definition) is 4. The normalized spacial score (nSPS) is 16.5. The Morgan fingerprint density at radius 2 is 1.68 bits per heavy atom. The van der Waals surface area contributed by atoms with Crippen LogP contribution in [0.25, 0.3) is 0 Å². The Labute approximate surface area is 228 Å². The molecule has 3 aromatic rings. The third-order valence-corrected chi connectivity index (χ3v) is 6.71. The number of amides is 3. The Bertz CT molecular complexity index is 1310. The summed E-state index contributed by atoms with van der Waals surface area (Å²) in [6.07, 6.45) is 0.567. The van der Waals surface area contributed by atoms with Gasteiger partial charge in [0.25, 0.3) is 11.8 Å². The van der Waals surface area contributed by atoms with Gasteiger partial charge in [-0.2, -0.15) is 0 Å². The van der Waals surface area contributed by atoms with Crippen molar-refractivity contribution in [2.24, 2.45) is 0 Å². The topological polar surface area (TPSA) is 79.0 Å². The van der Waals surface area contributed by atoms with E-state index in [1.807, 2.05) is 57.2 Å². The van der Waals surface area contributed by atoms with E-state index in [4.69, 9.17) is 16.3 Å². The second kappa shape index (κ2) is 11.7. The zero-order valence-electron chi connectivity index (χ0n) is 22.0. The van der Waals surface area contributed by atoms with Crippen LogP contribution in [-0.2, 0) is 9.59 Å². The highest BCUT2D eigenvalue weighted by atomic mass is 35.5. The highest BCUT2D eigenvalue weighted by Gasteiger charge is 2.38. The maximum atomic E-state index is 13.7. The molecule has 38 heavy (non-hydrogen) atoms. The van der Waals surface area contributed by atoms with Gasteiger partial charge in [0.2, 0.25) is 5.91 Å². The van der Waals surface area contributed by atoms with E-state index in [1.165, 1.54) is 0 Å². The number of halogens is 1. The van der Waals surface area contributed by atoms with Gasteiger partial charge in [0.15, 0.2) is 6.61 Å². The standard InChI is InChI=1S/C30H32ClN3O4/c1-19(2)32-29(36)18-38-25-15-9-22(10-16-25)30(37)33-20(3)17-28(26-7-5-6-8-27(26)33)34(21(4)35)24-13-11-23(31)12-14-24/h5-16,19-20,28H,17-18H2,1-4H3,(H,32,36)/t20-,28+/m0/s1. The molecule has 0 fully saturated rings. The second-order valence-electron chi connectivity index (χ2n) is 9.74. The number of para-hydroxylation sites is 1. The maximum absolute atomic E-state index is 13.7. The third kappa shape index (κ3) is 6.00. The van der Waals surface area contributed by atoms with Gasteiger partial charge in [-0.05, 0) is 87.4 Å². The maximum Gasteiger partial charge on any atom is 0.258 e. The van der Waals surface area contributed by atoms with Gasteiger partial charge in [-0.3, -0.25) is 14.4 Å². The first-order valence-electron chi connectivity index (χ1n) is 12.7. The minimum atomic E-state index is -0.239. The number of ether oxygens (including phenoxy) is 1. The molecule has 2 atom stereocenters. The lowest BCUT2D eigenvalue weighted by molar-refractivity contribution is -0.123. The molecule has 0 radical (unpaired) electrons. The van der Waals surface area contributed by atoms with Crippen LogP contribution in [0.1, 0.15) is 56.1 Å². The second-order valence-corrected chi connectivity index (χ2v) is 10.2. The molecule has 4 rings (SSSR count). The van der Waals surface area contributed by atoms with Crippen molar-refractivity contribution in [3.05, 3.63) is 88.9 Å². The summed E-state index contributed by atoms with van der Waals surface area (Å²) in [5.74, 6) is 0.0736. The summed E-state index contributed by atoms with van der Waals surface area (Å²) >= 11 is 6.08. The number of carbonyl (C=O) groups is 3. The molecule has 1 aliphatic rings. The Balaban J connectivity index is 1.58. The monoisotopic (exact) mass is 533 g/mol. The molecule has 3 aromatic carbocycles. The number of nitrogens with one attached hydrogen (secondary N) is 1. The summed E-state index contributed by atoms with van der Waals surface area (Å²) in [5.41, 5.74) is 2.93. The molecule has 0 spiro atoms. The molecular formula is C30H32ClN3O4. The fourth-order valence-electron chi connectivity index (χ4n) is 4.86. The van der Waals surface area contributed by atoms with Gasteiger partial charge in [-0.1, -0.05) is 29.8 Å². The predicted octanol–water partition coefficient (Wildman–Crippen LogP) is 5.78. The molecule has 0 aliphatic carbocycles. The molecule has 0 saturated carbocycles. The molecule has 198 valence electrons. The first-order valence-corrected chi connectivity index (χ1v) is 13.0. The first kappa shape index (κ1) is 27.2. The minimum absolute atomic E-state index is 0.0359. The summed E-state index contributed by atoms with van der Waals surface area (Å²) in [5, 5.41) is 3.37. The zero-order chi connectivity index (χ0) is 27.4. The molecule has 1 aliphatic heterocycles. The molecule has 7 nitrogen and oxygen atoms in total. The van der Waals surface area contributed by atoms with Gasteiger partial charge >= 0.3 is 0 Å². The van der Waals surface area contributed by atoms with E-state index in [1.54, 1.807) is 53.1 Å². The Morgan fingerprint density at radius 3 is 2.32 bits per heavy atom. The molecule has 8 heteroatoms. The lowest BCUT2D eigenvalue weighted by atomic mass is 9.89. The largest absolute Gasteiger partial charge is 0.484 e. The summed E-state index contributed by atoms with van der Waals surface area (Å²) in [7, 11) is 0. The van der Waals surface area contributed by atoms with E-state index in [0.717, 1.165) is 16.9 Å². The number of rotatable bonds is 7. The summed E-state index contributed by atoms with van der Waals surface area (Å²) in [6, 6.07) is 21.3. The van der Waals surface area contributed by atoms with Gasteiger partial charge in [-0.15, -0.1) is 0 Å². The lowest BCUT2D eigenvalue weighted by Gasteiger charge is -2.43. The van der Waals surface area contributed by atoms with Crippen molar-refractivity contribution in [3.8, 4) is 5.75 Å². The van der Waals surface area contributed by atoms with E-state index in [-0.39, 0.29) is 42.5 Å². The van der Waals surface area contributed by atoms with Gasteiger partial charge in [0.1, 0.15) is 5.75 Å². The van der Waals surface area contributed by atoms with Crippen LogP contribution in [0.15, 0.2) is 72.8 Å². The number of benzene rings is 3. The van der Waals surface area contributed by atoms with Gasteiger partial charge < -0.3 is 19.9 Å². The first-order chi connectivity index (χ1) is 18.2. The van der Waals surface area contributed by atoms with Crippen LogP contribution in [-0.4, -0.2) is 36.4 Å². The van der Waals surface area contributed by atoms with Crippen molar-refractivity contribution in [2.75, 3.05) is 16.4 Å². The van der Waals surface area contributed by atoms with Crippen molar-refractivity contribution in [2.45, 2.75) is 52.2 Å². The van der Waals surface area contributed by atoms with E-state index in [9.17, 15) is 14.4 Å². The molecule has 0 bridgehead atoms. The summed E-state index contributed by atoms with van der Waals surface area (Å²) in [6.45, 7) is 7.22. The van der Waals surface area contributed by atoms with Gasteiger partial charge in [-0.25, -0.2) is 0 Å². The fourth-order valence-corrected chi connectivity index (χ4v) is 4.99. The predicted molar refractivity (Wildman–Crippen MR) is 150 cm³/mol. The summed E-state index contributed by atoms with van der Waals surface area (Å²) in [4.78, 5) is 42.0. The smallest absolute Gasteiger partial charge is 0.258 e. The molecular weight excluding hydrogens is 502 g/mol. The van der Waals surface area contributed by atoms with Crippen LogP contribution in [0.3, 0.4) is 0 Å². The van der Waals surface area contributed by atoms with E-state index in [2.05, 4.69) is 5.32 Å². The SMILES string of the molecule is CC(=O)N(c1ccc(Cl)cc1)[C@@H]1C[C@H](C)N(C(=O)c2ccc(OCC(=O)NC(C)C)cc2)c2ccccc21. The molecule has 0 saturated heterocycles. The minimum Gasteiger partial charge on any atom is -0.484 e. The number of anilines is 2. The molecule has 1 N–H and O–H groups in total. The Hall–Kier alpha value is -3.84. The van der Waals surface area contributed by atoms with Crippen LogP contribution in [0, 0.1) is 0 Å². The average molecular weight is 534 g/mol. The third-order valence-electron chi connectivity index (χ3n) is 6.46. The molecule has 1 heterocycles. The number of fused-ring (bicyclic) bond motifs is 1. The fraction of sp³-hybridized carbons (Fsp3) is 0.300. The molecule has 3 amide bonds. The number of nitrogens with zero attached hydrogens (tertiary/aromatic N) is 2. The zero-order valence-corrected chi connectivity index (χ0v) is 22.7. The molecule has 0 unspecified atom stereocenters. The Morgan fingerprint density at radius 1 is 1.03 bits per heavy atom. The quantitative estimate of drug-likeness (QED) is 0.418. The van der Waals surface area contributed by atoms with Crippen molar-refractivity contribution in [1.82, 2.24) is 5.32 Å². The van der Waals surface area contributed by atoms with Crippen LogP contribution in [0.2, 0.25) is 5.02 Å². The van der Waals surface area contributed by atoms with Crippen molar-refractivity contribution in [3.63, 3.8) is 0 Å². The highest BCUT2D eigenvalue weighted by Crippen LogP contribution is 2.42. The number of hydrogen-bond donors (Lipinski definition) is 1. The van der Waals surface area contributed by atoms with Crippen molar-refractivity contribution in [1.29, 1.82) is 0 Å². The van der Waals surface area contributed by atoms with E-state index in [0.29, 0.717) is 22.8 Å². The van der Waals surface area contributed by atoms with E-state index < -0.39 is 0 Å². The Kier molecular flexibility index (Phi) is 8.37. The van der Waals surface area contributed by atoms with Crippen LogP contribution < -0.4 is 19.9 Å². The van der Waals surface area contributed by atoms with Gasteiger partial charge in [0, 0.05) is 41.0 Å². The van der Waals surface area contributed by atoms with Crippen LogP contribution in [0.5, 0.6) is 5.75 Å². The van der Waals surface area contributed by atoms with E-state index >= 15 is 0 Å².